The zero-order chi connectivity index (χ0) is 13.0. The van der Waals surface area contributed by atoms with E-state index < -0.39 is 5.97 Å². The lowest BCUT2D eigenvalue weighted by atomic mass is 9.83. The first-order valence-corrected chi connectivity index (χ1v) is 6.54. The van der Waals surface area contributed by atoms with Gasteiger partial charge < -0.3 is 10.4 Å². The van der Waals surface area contributed by atoms with E-state index in [2.05, 4.69) is 10.3 Å². The maximum atomic E-state index is 10.7. The Kier molecular flexibility index (Phi) is 4.31. The number of carbonyl (C=O) groups is 1. The minimum Gasteiger partial charge on any atom is -0.478 e. The SMILES string of the molecule is CNC1CCC(Cc2ccc(C(=O)O)cn2)CC1. The zero-order valence-electron chi connectivity index (χ0n) is 10.7. The monoisotopic (exact) mass is 248 g/mol. The van der Waals surface area contributed by atoms with Crippen molar-refractivity contribution in [3.8, 4) is 0 Å². The van der Waals surface area contributed by atoms with Crippen molar-refractivity contribution >= 4 is 5.97 Å². The summed E-state index contributed by atoms with van der Waals surface area (Å²) in [5, 5.41) is 12.1. The molecule has 2 rings (SSSR count). The molecule has 0 unspecified atom stereocenters. The number of carboxylic acid groups (broad SMARTS) is 1. The summed E-state index contributed by atoms with van der Waals surface area (Å²) in [6.45, 7) is 0. The third-order valence-corrected chi connectivity index (χ3v) is 3.82. The van der Waals surface area contributed by atoms with Gasteiger partial charge in [-0.2, -0.15) is 0 Å². The summed E-state index contributed by atoms with van der Waals surface area (Å²) in [5.74, 6) is -0.221. The molecule has 1 fully saturated rings. The van der Waals surface area contributed by atoms with Gasteiger partial charge >= 0.3 is 5.97 Å². The number of aromatic nitrogens is 1. The number of hydrogen-bond donors (Lipinski definition) is 2. The Labute approximate surface area is 107 Å². The van der Waals surface area contributed by atoms with Gasteiger partial charge in [-0.3, -0.25) is 4.98 Å². The maximum absolute atomic E-state index is 10.7. The van der Waals surface area contributed by atoms with Crippen LogP contribution in [0.3, 0.4) is 0 Å². The molecule has 2 N–H and O–H groups in total. The van der Waals surface area contributed by atoms with Gasteiger partial charge in [0.1, 0.15) is 0 Å². The fourth-order valence-corrected chi connectivity index (χ4v) is 2.62. The largest absolute Gasteiger partial charge is 0.478 e. The van der Waals surface area contributed by atoms with Gasteiger partial charge in [-0.25, -0.2) is 4.79 Å². The van der Waals surface area contributed by atoms with E-state index in [9.17, 15) is 4.79 Å². The van der Waals surface area contributed by atoms with E-state index in [4.69, 9.17) is 5.11 Å². The van der Waals surface area contributed by atoms with Crippen LogP contribution in [0.1, 0.15) is 41.7 Å². The number of carboxylic acids is 1. The summed E-state index contributed by atoms with van der Waals surface area (Å²) in [6.07, 6.45) is 7.34. The number of pyridine rings is 1. The number of aromatic carboxylic acids is 1. The Bertz CT molecular complexity index is 395. The lowest BCUT2D eigenvalue weighted by Crippen LogP contribution is -2.30. The van der Waals surface area contributed by atoms with Crippen LogP contribution >= 0.6 is 0 Å². The zero-order valence-corrected chi connectivity index (χ0v) is 10.7. The van der Waals surface area contributed by atoms with Crippen molar-refractivity contribution < 1.29 is 9.90 Å². The van der Waals surface area contributed by atoms with Crippen LogP contribution < -0.4 is 5.32 Å². The Morgan fingerprint density at radius 1 is 1.39 bits per heavy atom. The van der Waals surface area contributed by atoms with E-state index in [1.54, 1.807) is 6.07 Å². The van der Waals surface area contributed by atoms with Gasteiger partial charge in [0.05, 0.1) is 5.56 Å². The highest BCUT2D eigenvalue weighted by Crippen LogP contribution is 2.26. The van der Waals surface area contributed by atoms with Crippen LogP contribution in [0.25, 0.3) is 0 Å². The van der Waals surface area contributed by atoms with Crippen molar-refractivity contribution in [1.82, 2.24) is 10.3 Å². The average molecular weight is 248 g/mol. The number of rotatable bonds is 4. The molecule has 0 bridgehead atoms. The molecule has 0 spiro atoms. The molecule has 1 aliphatic carbocycles. The van der Waals surface area contributed by atoms with Crippen molar-refractivity contribution in [3.05, 3.63) is 29.6 Å². The van der Waals surface area contributed by atoms with E-state index in [0.717, 1.165) is 12.1 Å². The minimum absolute atomic E-state index is 0.262. The normalized spacial score (nSPS) is 23.8. The van der Waals surface area contributed by atoms with Gasteiger partial charge in [0.15, 0.2) is 0 Å². The maximum Gasteiger partial charge on any atom is 0.337 e. The molecule has 0 saturated heterocycles. The fourth-order valence-electron chi connectivity index (χ4n) is 2.62. The predicted molar refractivity (Wildman–Crippen MR) is 69.7 cm³/mol. The Hall–Kier alpha value is -1.42. The van der Waals surface area contributed by atoms with E-state index in [0.29, 0.717) is 12.0 Å². The summed E-state index contributed by atoms with van der Waals surface area (Å²) in [6, 6.07) is 4.15. The Balaban J connectivity index is 1.88. The molecule has 1 aromatic heterocycles. The summed E-state index contributed by atoms with van der Waals surface area (Å²) in [4.78, 5) is 15.0. The van der Waals surface area contributed by atoms with Crippen LogP contribution in [-0.2, 0) is 6.42 Å². The summed E-state index contributed by atoms with van der Waals surface area (Å²) in [5.41, 5.74) is 1.27. The molecule has 1 aromatic rings. The average Bonchev–Trinajstić information content (AvgIpc) is 2.40. The lowest BCUT2D eigenvalue weighted by Gasteiger charge is -2.27. The number of hydrogen-bond acceptors (Lipinski definition) is 3. The molecule has 98 valence electrons. The fraction of sp³-hybridized carbons (Fsp3) is 0.571. The molecule has 4 nitrogen and oxygen atoms in total. The van der Waals surface area contributed by atoms with Crippen molar-refractivity contribution in [3.63, 3.8) is 0 Å². The van der Waals surface area contributed by atoms with Crippen molar-refractivity contribution in [1.29, 1.82) is 0 Å². The van der Waals surface area contributed by atoms with Gasteiger partial charge in [0.25, 0.3) is 0 Å². The Morgan fingerprint density at radius 3 is 2.61 bits per heavy atom. The highest BCUT2D eigenvalue weighted by molar-refractivity contribution is 5.87. The standard InChI is InChI=1S/C14H20N2O2/c1-15-12-5-2-10(3-6-12)8-13-7-4-11(9-16-13)14(17)18/h4,7,9-10,12,15H,2-3,5-6,8H2,1H3,(H,17,18). The van der Waals surface area contributed by atoms with Crippen LogP contribution in [0.4, 0.5) is 0 Å². The second-order valence-electron chi connectivity index (χ2n) is 5.05. The summed E-state index contributed by atoms with van der Waals surface area (Å²) >= 11 is 0. The molecule has 18 heavy (non-hydrogen) atoms. The third-order valence-electron chi connectivity index (χ3n) is 3.82. The second-order valence-corrected chi connectivity index (χ2v) is 5.05. The second kappa shape index (κ2) is 5.96. The molecule has 0 amide bonds. The smallest absolute Gasteiger partial charge is 0.337 e. The van der Waals surface area contributed by atoms with E-state index in [-0.39, 0.29) is 5.56 Å². The highest BCUT2D eigenvalue weighted by atomic mass is 16.4. The predicted octanol–water partition coefficient (Wildman–Crippen LogP) is 2.10. The molecular weight excluding hydrogens is 228 g/mol. The quantitative estimate of drug-likeness (QED) is 0.856. The lowest BCUT2D eigenvalue weighted by molar-refractivity contribution is 0.0696. The van der Waals surface area contributed by atoms with Crippen molar-refractivity contribution in [2.75, 3.05) is 7.05 Å². The number of nitrogens with one attached hydrogen (secondary N) is 1. The molecule has 0 aromatic carbocycles. The molecule has 0 aliphatic heterocycles. The molecule has 0 atom stereocenters. The molecule has 4 heteroatoms. The van der Waals surface area contributed by atoms with E-state index in [1.807, 2.05) is 13.1 Å². The minimum atomic E-state index is -0.913. The van der Waals surface area contributed by atoms with Crippen LogP contribution in [-0.4, -0.2) is 29.1 Å². The van der Waals surface area contributed by atoms with Crippen molar-refractivity contribution in [2.45, 2.75) is 38.1 Å². The molecule has 0 radical (unpaired) electrons. The van der Waals surface area contributed by atoms with Crippen LogP contribution in [0, 0.1) is 5.92 Å². The van der Waals surface area contributed by atoms with Gasteiger partial charge in [0.2, 0.25) is 0 Å². The molecule has 1 heterocycles. The molecule has 1 aliphatic rings. The van der Waals surface area contributed by atoms with Crippen LogP contribution in [0.15, 0.2) is 18.3 Å². The highest BCUT2D eigenvalue weighted by Gasteiger charge is 2.20. The van der Waals surface area contributed by atoms with Gasteiger partial charge in [-0.1, -0.05) is 0 Å². The van der Waals surface area contributed by atoms with Crippen molar-refractivity contribution in [2.24, 2.45) is 5.92 Å². The van der Waals surface area contributed by atoms with Gasteiger partial charge in [0, 0.05) is 17.9 Å². The molecule has 1 saturated carbocycles. The third kappa shape index (κ3) is 3.29. The topological polar surface area (TPSA) is 62.2 Å². The molecular formula is C14H20N2O2. The summed E-state index contributed by atoms with van der Waals surface area (Å²) < 4.78 is 0. The van der Waals surface area contributed by atoms with Gasteiger partial charge in [-0.15, -0.1) is 0 Å². The first kappa shape index (κ1) is 13.0. The van der Waals surface area contributed by atoms with E-state index >= 15 is 0 Å². The first-order chi connectivity index (χ1) is 8.69. The van der Waals surface area contributed by atoms with E-state index in [1.165, 1.54) is 31.9 Å². The summed E-state index contributed by atoms with van der Waals surface area (Å²) in [7, 11) is 2.02. The number of nitrogens with zero attached hydrogens (tertiary/aromatic N) is 1. The van der Waals surface area contributed by atoms with Crippen LogP contribution in [0.5, 0.6) is 0 Å². The van der Waals surface area contributed by atoms with Crippen LogP contribution in [0.2, 0.25) is 0 Å². The van der Waals surface area contributed by atoms with Gasteiger partial charge in [-0.05, 0) is 57.2 Å². The first-order valence-electron chi connectivity index (χ1n) is 6.54. The Morgan fingerprint density at radius 2 is 2.11 bits per heavy atom.